The van der Waals surface area contributed by atoms with Crippen molar-refractivity contribution in [2.75, 3.05) is 14.2 Å². The number of methoxy groups -OCH3 is 2. The minimum atomic E-state index is -0.466. The smallest absolute Gasteiger partial charge is 0.350 e. The summed E-state index contributed by atoms with van der Waals surface area (Å²) in [5, 5.41) is 0.678. The molecule has 0 saturated carbocycles. The number of nitrogens with zero attached hydrogens (tertiary/aromatic N) is 1. The zero-order chi connectivity index (χ0) is 19.1. The lowest BCUT2D eigenvalue weighted by atomic mass is 10.1. The molecule has 0 atom stereocenters. The number of rotatable bonds is 4. The fourth-order valence-corrected chi connectivity index (χ4v) is 3.22. The second kappa shape index (κ2) is 9.10. The van der Waals surface area contributed by atoms with Crippen molar-refractivity contribution in [3.63, 3.8) is 0 Å². The molecule has 4 nitrogen and oxygen atoms in total. The average Bonchev–Trinajstić information content (AvgIpc) is 3.15. The van der Waals surface area contributed by atoms with Gasteiger partial charge in [-0.3, -0.25) is 0 Å². The Labute approximate surface area is 156 Å². The molecule has 0 amide bonds. The van der Waals surface area contributed by atoms with Crippen LogP contribution in [0.5, 0.6) is 5.75 Å². The van der Waals surface area contributed by atoms with Gasteiger partial charge in [0.25, 0.3) is 0 Å². The molecule has 1 heterocycles. The van der Waals surface area contributed by atoms with Crippen LogP contribution >= 0.6 is 11.3 Å². The van der Waals surface area contributed by atoms with Gasteiger partial charge in [0.1, 0.15) is 21.5 Å². The lowest BCUT2D eigenvalue weighted by molar-refractivity contribution is 0.0607. The predicted octanol–water partition coefficient (Wildman–Crippen LogP) is 5.44. The number of halogens is 1. The Bertz CT molecular complexity index is 858. The Morgan fingerprint density at radius 3 is 2.08 bits per heavy atom. The van der Waals surface area contributed by atoms with Crippen LogP contribution in [0.15, 0.2) is 48.5 Å². The number of carbonyl (C=O) groups is 1. The summed E-state index contributed by atoms with van der Waals surface area (Å²) in [5.74, 6) is -0.0715. The first-order chi connectivity index (χ1) is 12.6. The molecule has 26 heavy (non-hydrogen) atoms. The van der Waals surface area contributed by atoms with E-state index in [9.17, 15) is 9.18 Å². The largest absolute Gasteiger partial charge is 0.497 e. The molecule has 0 aliphatic carbocycles. The number of aromatic nitrogens is 1. The van der Waals surface area contributed by atoms with E-state index in [1.807, 2.05) is 38.1 Å². The van der Waals surface area contributed by atoms with Crippen LogP contribution in [0.25, 0.3) is 21.8 Å². The van der Waals surface area contributed by atoms with Gasteiger partial charge >= 0.3 is 5.97 Å². The predicted molar refractivity (Wildman–Crippen MR) is 102 cm³/mol. The molecule has 0 N–H and O–H groups in total. The maximum Gasteiger partial charge on any atom is 0.350 e. The zero-order valence-electron chi connectivity index (χ0n) is 15.1. The fraction of sp³-hybridized carbons (Fsp3) is 0.200. The number of carbonyl (C=O) groups excluding carboxylic acids is 1. The fourth-order valence-electron chi connectivity index (χ4n) is 2.21. The molecule has 0 aliphatic heterocycles. The SMILES string of the molecule is CC.COC(=O)c1sc(-c2ccc(OC)cc2)nc1-c1ccc(F)cc1. The van der Waals surface area contributed by atoms with Gasteiger partial charge in [0, 0.05) is 11.1 Å². The topological polar surface area (TPSA) is 48.4 Å². The molecule has 6 heteroatoms. The van der Waals surface area contributed by atoms with E-state index in [2.05, 4.69) is 4.98 Å². The van der Waals surface area contributed by atoms with Crippen LogP contribution in [0.1, 0.15) is 23.5 Å². The molecule has 136 valence electrons. The van der Waals surface area contributed by atoms with E-state index in [1.165, 1.54) is 30.6 Å². The lowest BCUT2D eigenvalue weighted by Crippen LogP contribution is -2.00. The third-order valence-corrected chi connectivity index (χ3v) is 4.54. The molecule has 0 fully saturated rings. The lowest BCUT2D eigenvalue weighted by Gasteiger charge is -2.01. The average molecular weight is 373 g/mol. The third kappa shape index (κ3) is 4.26. The first-order valence-corrected chi connectivity index (χ1v) is 8.93. The molecule has 2 aromatic carbocycles. The number of hydrogen-bond donors (Lipinski definition) is 0. The van der Waals surface area contributed by atoms with Crippen molar-refractivity contribution in [1.82, 2.24) is 4.98 Å². The van der Waals surface area contributed by atoms with Crippen LogP contribution in [-0.2, 0) is 4.74 Å². The molecule has 3 aromatic rings. The van der Waals surface area contributed by atoms with E-state index in [0.29, 0.717) is 21.1 Å². The van der Waals surface area contributed by atoms with Crippen molar-refractivity contribution < 1.29 is 18.7 Å². The van der Waals surface area contributed by atoms with Gasteiger partial charge in [0.05, 0.1) is 19.9 Å². The van der Waals surface area contributed by atoms with E-state index in [4.69, 9.17) is 9.47 Å². The van der Waals surface area contributed by atoms with Crippen LogP contribution in [0.2, 0.25) is 0 Å². The summed E-state index contributed by atoms with van der Waals surface area (Å²) >= 11 is 1.24. The minimum Gasteiger partial charge on any atom is -0.497 e. The molecular weight excluding hydrogens is 353 g/mol. The first kappa shape index (κ1) is 19.6. The van der Waals surface area contributed by atoms with E-state index in [0.717, 1.165) is 11.3 Å². The van der Waals surface area contributed by atoms with E-state index >= 15 is 0 Å². The van der Waals surface area contributed by atoms with Gasteiger partial charge < -0.3 is 9.47 Å². The summed E-state index contributed by atoms with van der Waals surface area (Å²) in [6.07, 6.45) is 0. The molecular formula is C20H20FNO3S. The van der Waals surface area contributed by atoms with Crippen LogP contribution in [0, 0.1) is 5.82 Å². The van der Waals surface area contributed by atoms with E-state index in [-0.39, 0.29) is 5.82 Å². The number of benzene rings is 2. The number of ether oxygens (including phenoxy) is 2. The number of hydrogen-bond acceptors (Lipinski definition) is 5. The summed E-state index contributed by atoms with van der Waals surface area (Å²) < 4.78 is 23.1. The number of thiazole rings is 1. The highest BCUT2D eigenvalue weighted by molar-refractivity contribution is 7.17. The van der Waals surface area contributed by atoms with Crippen molar-refractivity contribution in [3.05, 3.63) is 59.2 Å². The van der Waals surface area contributed by atoms with Crippen LogP contribution < -0.4 is 4.74 Å². The highest BCUT2D eigenvalue weighted by atomic mass is 32.1. The molecule has 0 radical (unpaired) electrons. The Kier molecular flexibility index (Phi) is 6.86. The second-order valence-electron chi connectivity index (χ2n) is 4.92. The summed E-state index contributed by atoms with van der Waals surface area (Å²) in [4.78, 5) is 17.0. The maximum atomic E-state index is 13.1. The summed E-state index contributed by atoms with van der Waals surface area (Å²) in [6, 6.07) is 13.2. The number of esters is 1. The van der Waals surface area contributed by atoms with Gasteiger partial charge in [-0.15, -0.1) is 11.3 Å². The Morgan fingerprint density at radius 2 is 1.54 bits per heavy atom. The molecule has 0 aliphatic rings. The first-order valence-electron chi connectivity index (χ1n) is 8.12. The van der Waals surface area contributed by atoms with E-state index in [1.54, 1.807) is 19.2 Å². The molecule has 0 unspecified atom stereocenters. The van der Waals surface area contributed by atoms with E-state index < -0.39 is 5.97 Å². The maximum absolute atomic E-state index is 13.1. The summed E-state index contributed by atoms with van der Waals surface area (Å²) in [7, 11) is 2.92. The summed E-state index contributed by atoms with van der Waals surface area (Å²) in [5.41, 5.74) is 2.00. The highest BCUT2D eigenvalue weighted by Crippen LogP contribution is 2.35. The van der Waals surface area contributed by atoms with Gasteiger partial charge in [0.2, 0.25) is 0 Å². The van der Waals surface area contributed by atoms with Crippen LogP contribution in [-0.4, -0.2) is 25.2 Å². The van der Waals surface area contributed by atoms with Crippen LogP contribution in [0.4, 0.5) is 4.39 Å². The molecule has 0 spiro atoms. The van der Waals surface area contributed by atoms with Crippen molar-refractivity contribution in [1.29, 1.82) is 0 Å². The highest BCUT2D eigenvalue weighted by Gasteiger charge is 2.21. The van der Waals surface area contributed by atoms with Gasteiger partial charge in [-0.2, -0.15) is 0 Å². The molecule has 0 bridgehead atoms. The Hall–Kier alpha value is -2.73. The Morgan fingerprint density at radius 1 is 0.962 bits per heavy atom. The van der Waals surface area contributed by atoms with Gasteiger partial charge in [-0.1, -0.05) is 13.8 Å². The van der Waals surface area contributed by atoms with Gasteiger partial charge in [0.15, 0.2) is 0 Å². The normalized spacial score (nSPS) is 9.88. The Balaban J connectivity index is 0.00000117. The van der Waals surface area contributed by atoms with Crippen molar-refractivity contribution in [3.8, 4) is 27.6 Å². The quantitative estimate of drug-likeness (QED) is 0.572. The zero-order valence-corrected chi connectivity index (χ0v) is 15.9. The molecule has 1 aromatic heterocycles. The van der Waals surface area contributed by atoms with Gasteiger partial charge in [-0.05, 0) is 48.5 Å². The minimum absolute atomic E-state index is 0.344. The van der Waals surface area contributed by atoms with Crippen molar-refractivity contribution >= 4 is 17.3 Å². The van der Waals surface area contributed by atoms with Crippen molar-refractivity contribution in [2.45, 2.75) is 13.8 Å². The van der Waals surface area contributed by atoms with Gasteiger partial charge in [-0.25, -0.2) is 14.2 Å². The molecule has 0 saturated heterocycles. The van der Waals surface area contributed by atoms with Crippen molar-refractivity contribution in [2.24, 2.45) is 0 Å². The van der Waals surface area contributed by atoms with Crippen LogP contribution in [0.3, 0.4) is 0 Å². The third-order valence-electron chi connectivity index (χ3n) is 3.45. The molecule has 3 rings (SSSR count). The summed E-state index contributed by atoms with van der Waals surface area (Å²) in [6.45, 7) is 4.00. The monoisotopic (exact) mass is 373 g/mol. The second-order valence-corrected chi connectivity index (χ2v) is 5.92. The standard InChI is InChI=1S/C18H14FNO3S.C2H6/c1-22-14-9-5-12(6-10-14)17-20-15(16(24-17)18(21)23-2)11-3-7-13(19)8-4-11;1-2/h3-10H,1-2H3;1-2H3.